The second kappa shape index (κ2) is 7.55. The van der Waals surface area contributed by atoms with Crippen LogP contribution in [0.3, 0.4) is 0 Å². The second-order valence-corrected chi connectivity index (χ2v) is 10.9. The molecule has 0 spiro atoms. The van der Waals surface area contributed by atoms with Gasteiger partial charge in [0.2, 0.25) is 10.0 Å². The monoisotopic (exact) mass is 426 g/mol. The van der Waals surface area contributed by atoms with Crippen molar-refractivity contribution in [2.24, 2.45) is 0 Å². The van der Waals surface area contributed by atoms with Gasteiger partial charge in [-0.1, -0.05) is 41.6 Å². The summed E-state index contributed by atoms with van der Waals surface area (Å²) in [5.41, 5.74) is 0.727. The van der Waals surface area contributed by atoms with Gasteiger partial charge in [0.15, 0.2) is 15.6 Å². The topological polar surface area (TPSA) is 106 Å². The van der Waals surface area contributed by atoms with Crippen LogP contribution in [-0.2, 0) is 19.9 Å². The molecule has 2 aromatic heterocycles. The highest BCUT2D eigenvalue weighted by atomic mass is 32.2. The van der Waals surface area contributed by atoms with Crippen molar-refractivity contribution in [2.45, 2.75) is 28.2 Å². The lowest BCUT2D eigenvalue weighted by atomic mass is 10.1. The molecule has 1 unspecified atom stereocenters. The van der Waals surface area contributed by atoms with Crippen LogP contribution in [0.5, 0.6) is 0 Å². The number of rotatable bonds is 7. The number of nitrogens with one attached hydrogen (secondary N) is 1. The van der Waals surface area contributed by atoms with Gasteiger partial charge in [-0.3, -0.25) is 0 Å². The van der Waals surface area contributed by atoms with E-state index in [-0.39, 0.29) is 27.1 Å². The number of benzene rings is 1. The largest absolute Gasteiger partial charge is 0.360 e. The van der Waals surface area contributed by atoms with E-state index in [1.54, 1.807) is 41.8 Å². The molecule has 2 heterocycles. The van der Waals surface area contributed by atoms with Gasteiger partial charge in [0.1, 0.15) is 20.0 Å². The van der Waals surface area contributed by atoms with Crippen LogP contribution in [-0.4, -0.2) is 28.5 Å². The van der Waals surface area contributed by atoms with E-state index in [2.05, 4.69) is 9.88 Å². The Morgan fingerprint density at radius 2 is 1.78 bits per heavy atom. The summed E-state index contributed by atoms with van der Waals surface area (Å²) in [6.07, 6.45) is 0. The molecule has 1 aromatic carbocycles. The molecule has 7 nitrogen and oxygen atoms in total. The molecule has 1 N–H and O–H groups in total. The van der Waals surface area contributed by atoms with Gasteiger partial charge in [-0.2, -0.15) is 0 Å². The van der Waals surface area contributed by atoms with Gasteiger partial charge in [-0.05, 0) is 30.9 Å². The van der Waals surface area contributed by atoms with E-state index in [4.69, 9.17) is 4.52 Å². The summed E-state index contributed by atoms with van der Waals surface area (Å²) in [6.45, 7) is 2.70. The highest BCUT2D eigenvalue weighted by Crippen LogP contribution is 2.31. The zero-order valence-corrected chi connectivity index (χ0v) is 17.1. The molecule has 0 aliphatic carbocycles. The lowest BCUT2D eigenvalue weighted by Gasteiger charge is -2.18. The van der Waals surface area contributed by atoms with E-state index < -0.39 is 25.1 Å². The summed E-state index contributed by atoms with van der Waals surface area (Å²) in [6, 6.07) is 11.7. The van der Waals surface area contributed by atoms with E-state index in [9.17, 15) is 16.8 Å². The van der Waals surface area contributed by atoms with Gasteiger partial charge >= 0.3 is 0 Å². The van der Waals surface area contributed by atoms with Crippen LogP contribution in [0.15, 0.2) is 61.5 Å². The van der Waals surface area contributed by atoms with Crippen LogP contribution in [0.4, 0.5) is 0 Å². The first kappa shape index (κ1) is 19.7. The van der Waals surface area contributed by atoms with Gasteiger partial charge in [0.25, 0.3) is 0 Å². The fraction of sp³-hybridized carbons (Fsp3) is 0.235. The normalized spacial score (nSPS) is 13.6. The fourth-order valence-corrected chi connectivity index (χ4v) is 7.10. The number of aryl methyl sites for hydroxylation is 2. The van der Waals surface area contributed by atoms with E-state index >= 15 is 0 Å². The predicted molar refractivity (Wildman–Crippen MR) is 102 cm³/mol. The minimum Gasteiger partial charge on any atom is -0.360 e. The maximum Gasteiger partial charge on any atom is 0.246 e. The van der Waals surface area contributed by atoms with Crippen LogP contribution in [0, 0.1) is 13.8 Å². The van der Waals surface area contributed by atoms with Crippen LogP contribution >= 0.6 is 11.3 Å². The predicted octanol–water partition coefficient (Wildman–Crippen LogP) is 2.85. The van der Waals surface area contributed by atoms with E-state index in [0.29, 0.717) is 5.56 Å². The summed E-state index contributed by atoms with van der Waals surface area (Å²) >= 11 is 1.10. The zero-order valence-electron chi connectivity index (χ0n) is 14.6. The maximum absolute atomic E-state index is 13.1. The summed E-state index contributed by atoms with van der Waals surface area (Å²) in [7, 11) is -7.75. The van der Waals surface area contributed by atoms with Crippen molar-refractivity contribution in [3.8, 4) is 0 Å². The Labute approximate surface area is 162 Å². The lowest BCUT2D eigenvalue weighted by molar-refractivity contribution is 0.390. The first-order valence-electron chi connectivity index (χ1n) is 7.98. The first-order valence-corrected chi connectivity index (χ1v) is 11.9. The second-order valence-electron chi connectivity index (χ2n) is 5.88. The average Bonchev–Trinajstić information content (AvgIpc) is 3.26. The molecule has 0 aliphatic rings. The van der Waals surface area contributed by atoms with Gasteiger partial charge in [-0.25, -0.2) is 21.6 Å². The number of nitrogens with zero attached hydrogens (tertiary/aromatic N) is 1. The summed E-state index contributed by atoms with van der Waals surface area (Å²) in [5.74, 6) is 0.150. The van der Waals surface area contributed by atoms with Crippen molar-refractivity contribution in [1.82, 2.24) is 9.88 Å². The van der Waals surface area contributed by atoms with Gasteiger partial charge < -0.3 is 4.52 Å². The Balaban J connectivity index is 1.96. The third-order valence-corrected chi connectivity index (χ3v) is 9.22. The summed E-state index contributed by atoms with van der Waals surface area (Å²) in [4.78, 5) is -0.0668. The van der Waals surface area contributed by atoms with Crippen LogP contribution < -0.4 is 4.72 Å². The fourth-order valence-electron chi connectivity index (χ4n) is 2.76. The third kappa shape index (κ3) is 3.98. The third-order valence-electron chi connectivity index (χ3n) is 4.02. The molecule has 0 saturated carbocycles. The number of sulfonamides is 1. The van der Waals surface area contributed by atoms with Gasteiger partial charge in [0.05, 0.1) is 0 Å². The molecule has 0 bridgehead atoms. The molecule has 1 atom stereocenters. The van der Waals surface area contributed by atoms with E-state index in [0.717, 1.165) is 11.3 Å². The molecule has 0 aliphatic heterocycles. The molecule has 144 valence electrons. The molecule has 3 rings (SSSR count). The van der Waals surface area contributed by atoms with Crippen molar-refractivity contribution >= 4 is 31.2 Å². The Kier molecular flexibility index (Phi) is 5.52. The molecule has 0 saturated heterocycles. The average molecular weight is 427 g/mol. The molecule has 0 amide bonds. The lowest BCUT2D eigenvalue weighted by Crippen LogP contribution is -2.32. The van der Waals surface area contributed by atoms with Crippen molar-refractivity contribution in [3.05, 3.63) is 64.9 Å². The Morgan fingerprint density at radius 3 is 2.33 bits per heavy atom. The highest BCUT2D eigenvalue weighted by Gasteiger charge is 2.32. The molecule has 10 heteroatoms. The van der Waals surface area contributed by atoms with Crippen molar-refractivity contribution in [3.63, 3.8) is 0 Å². The number of aromatic nitrogens is 1. The smallest absolute Gasteiger partial charge is 0.246 e. The quantitative estimate of drug-likeness (QED) is 0.623. The molecule has 3 aromatic rings. The van der Waals surface area contributed by atoms with E-state index in [1.807, 2.05) is 0 Å². The van der Waals surface area contributed by atoms with Gasteiger partial charge in [0, 0.05) is 6.54 Å². The standard InChI is InChI=1S/C17H18N2O5S3/c1-12-17(13(2)24-19-12)27(22,23)18-11-15(14-7-4-3-5-8-14)26(20,21)16-9-6-10-25-16/h3-10,15,18H,11H2,1-2H3. The Morgan fingerprint density at radius 1 is 1.07 bits per heavy atom. The number of thiophene rings is 1. The number of sulfone groups is 1. The first-order chi connectivity index (χ1) is 12.7. The van der Waals surface area contributed by atoms with Gasteiger partial charge in [-0.15, -0.1) is 11.3 Å². The molecule has 27 heavy (non-hydrogen) atoms. The highest BCUT2D eigenvalue weighted by molar-refractivity contribution is 7.93. The summed E-state index contributed by atoms with van der Waals surface area (Å²) in [5, 5.41) is 4.25. The maximum atomic E-state index is 13.1. The minimum atomic E-state index is -3.98. The van der Waals surface area contributed by atoms with Crippen molar-refractivity contribution < 1.29 is 21.4 Å². The van der Waals surface area contributed by atoms with Crippen molar-refractivity contribution in [2.75, 3.05) is 6.54 Å². The SMILES string of the molecule is Cc1noc(C)c1S(=O)(=O)NCC(c1ccccc1)S(=O)(=O)c1cccs1. The number of hydrogen-bond donors (Lipinski definition) is 1. The van der Waals surface area contributed by atoms with Crippen molar-refractivity contribution in [1.29, 1.82) is 0 Å². The molecule has 0 radical (unpaired) electrons. The van der Waals surface area contributed by atoms with E-state index in [1.165, 1.54) is 19.9 Å². The van der Waals surface area contributed by atoms with Crippen LogP contribution in [0.1, 0.15) is 22.3 Å². The molecule has 0 fully saturated rings. The molecular formula is C17H18N2O5S3. The molecular weight excluding hydrogens is 408 g/mol. The minimum absolute atomic E-state index is 0.0668. The summed E-state index contributed by atoms with van der Waals surface area (Å²) < 4.78 is 59.0. The van der Waals surface area contributed by atoms with Crippen LogP contribution in [0.2, 0.25) is 0 Å². The van der Waals surface area contributed by atoms with Crippen LogP contribution in [0.25, 0.3) is 0 Å². The Hall–Kier alpha value is -2.01. The number of hydrogen-bond acceptors (Lipinski definition) is 7. The zero-order chi connectivity index (χ0) is 19.7. The Bertz CT molecular complexity index is 1100.